The van der Waals surface area contributed by atoms with Gasteiger partial charge in [0.1, 0.15) is 5.75 Å². The molecule has 88 valence electrons. The Hall–Kier alpha value is -0.780. The van der Waals surface area contributed by atoms with Crippen LogP contribution in [0.1, 0.15) is 10.6 Å². The first-order valence-corrected chi connectivity index (χ1v) is 6.45. The average Bonchev–Trinajstić information content (AvgIpc) is 2.69. The smallest absolute Gasteiger partial charge is 0.379 e. The third-order valence-corrected chi connectivity index (χ3v) is 3.09. The molecule has 0 unspecified atom stereocenters. The van der Waals surface area contributed by atoms with Gasteiger partial charge in [-0.25, -0.2) is 4.79 Å². The molecule has 0 atom stereocenters. The zero-order valence-electron chi connectivity index (χ0n) is 8.25. The second-order valence-corrected chi connectivity index (χ2v) is 5.17. The maximum Gasteiger partial charge on any atom is 0.379 e. The Morgan fingerprint density at radius 1 is 1.24 bits per heavy atom. The lowest BCUT2D eigenvalue weighted by Gasteiger charge is -2.04. The average molecular weight is 380 g/mol. The van der Waals surface area contributed by atoms with Gasteiger partial charge in [-0.3, -0.25) is 0 Å². The van der Waals surface area contributed by atoms with Crippen LogP contribution in [0.25, 0.3) is 0 Å². The number of rotatable bonds is 2. The van der Waals surface area contributed by atoms with Crippen LogP contribution in [0.4, 0.5) is 0 Å². The number of esters is 1. The lowest BCUT2D eigenvalue weighted by atomic mass is 10.3. The van der Waals surface area contributed by atoms with Gasteiger partial charge >= 0.3 is 5.97 Å². The van der Waals surface area contributed by atoms with Crippen LogP contribution in [0.3, 0.4) is 0 Å². The highest BCUT2D eigenvalue weighted by molar-refractivity contribution is 9.10. The number of halogens is 3. The topological polar surface area (TPSA) is 39.4 Å². The fraction of sp³-hybridized carbons (Fsp3) is 0. The molecule has 2 aromatic rings. The van der Waals surface area contributed by atoms with Gasteiger partial charge in [0.25, 0.3) is 0 Å². The summed E-state index contributed by atoms with van der Waals surface area (Å²) in [6, 6.07) is 8.09. The van der Waals surface area contributed by atoms with Gasteiger partial charge < -0.3 is 9.15 Å². The summed E-state index contributed by atoms with van der Waals surface area (Å²) >= 11 is 12.3. The Morgan fingerprint density at radius 3 is 2.59 bits per heavy atom. The molecule has 0 saturated carbocycles. The maximum atomic E-state index is 11.7. The zero-order valence-corrected chi connectivity index (χ0v) is 12.2. The molecular weight excluding hydrogens is 375 g/mol. The molecule has 0 saturated heterocycles. The highest BCUT2D eigenvalue weighted by Gasteiger charge is 2.14. The van der Waals surface area contributed by atoms with E-state index in [2.05, 4.69) is 31.9 Å². The van der Waals surface area contributed by atoms with Crippen LogP contribution in [0.15, 0.2) is 43.9 Å². The minimum atomic E-state index is -0.597. The van der Waals surface area contributed by atoms with Crippen molar-refractivity contribution in [2.45, 2.75) is 0 Å². The number of furan rings is 1. The third kappa shape index (κ3) is 3.12. The monoisotopic (exact) mass is 378 g/mol. The molecule has 0 bridgehead atoms. The van der Waals surface area contributed by atoms with Crippen molar-refractivity contribution in [3.05, 3.63) is 50.3 Å². The van der Waals surface area contributed by atoms with Gasteiger partial charge in [-0.15, -0.1) is 0 Å². The van der Waals surface area contributed by atoms with Crippen LogP contribution < -0.4 is 4.74 Å². The molecule has 0 aliphatic heterocycles. The Balaban J connectivity index is 2.18. The van der Waals surface area contributed by atoms with E-state index < -0.39 is 5.97 Å². The van der Waals surface area contributed by atoms with Crippen molar-refractivity contribution in [3.8, 4) is 5.75 Å². The van der Waals surface area contributed by atoms with Crippen molar-refractivity contribution in [2.75, 3.05) is 0 Å². The van der Waals surface area contributed by atoms with Crippen molar-refractivity contribution < 1.29 is 13.9 Å². The standard InChI is InChI=1S/C11H5Br2ClO3/c12-6-1-2-8(7(14)5-6)17-11(15)9-3-4-10(13)16-9/h1-5H. The van der Waals surface area contributed by atoms with E-state index in [9.17, 15) is 4.79 Å². The minimum Gasteiger partial charge on any atom is -0.442 e. The van der Waals surface area contributed by atoms with Crippen LogP contribution in [0.5, 0.6) is 5.75 Å². The molecule has 0 aliphatic carbocycles. The molecule has 0 N–H and O–H groups in total. The Bertz CT molecular complexity index is 566. The fourth-order valence-corrected chi connectivity index (χ4v) is 2.15. The van der Waals surface area contributed by atoms with Gasteiger partial charge in [0.05, 0.1) is 5.02 Å². The van der Waals surface area contributed by atoms with Crippen molar-refractivity contribution in [1.29, 1.82) is 0 Å². The molecule has 2 rings (SSSR count). The molecule has 3 nitrogen and oxygen atoms in total. The Morgan fingerprint density at radius 2 is 2.00 bits per heavy atom. The van der Waals surface area contributed by atoms with Crippen molar-refractivity contribution in [2.24, 2.45) is 0 Å². The van der Waals surface area contributed by atoms with Gasteiger partial charge in [-0.05, 0) is 46.3 Å². The van der Waals surface area contributed by atoms with Crippen molar-refractivity contribution in [3.63, 3.8) is 0 Å². The number of carbonyl (C=O) groups is 1. The summed E-state index contributed by atoms with van der Waals surface area (Å²) in [7, 11) is 0. The highest BCUT2D eigenvalue weighted by Crippen LogP contribution is 2.28. The summed E-state index contributed by atoms with van der Waals surface area (Å²) < 4.78 is 11.4. The predicted molar refractivity (Wildman–Crippen MR) is 70.5 cm³/mol. The molecule has 1 heterocycles. The van der Waals surface area contributed by atoms with Crippen LogP contribution in [0.2, 0.25) is 5.02 Å². The second-order valence-electron chi connectivity index (χ2n) is 3.07. The van der Waals surface area contributed by atoms with E-state index in [1.807, 2.05) is 0 Å². The highest BCUT2D eigenvalue weighted by atomic mass is 79.9. The number of hydrogen-bond acceptors (Lipinski definition) is 3. The number of hydrogen-bond donors (Lipinski definition) is 0. The van der Waals surface area contributed by atoms with Gasteiger partial charge in [-0.2, -0.15) is 0 Å². The van der Waals surface area contributed by atoms with Crippen LogP contribution >= 0.6 is 43.5 Å². The Kier molecular flexibility index (Phi) is 3.91. The molecule has 1 aromatic heterocycles. The Labute approximate surface area is 119 Å². The molecular formula is C11H5Br2ClO3. The lowest BCUT2D eigenvalue weighted by molar-refractivity contribution is 0.0700. The largest absolute Gasteiger partial charge is 0.442 e. The maximum absolute atomic E-state index is 11.7. The molecule has 0 fully saturated rings. The predicted octanol–water partition coefficient (Wildman–Crippen LogP) is 4.68. The van der Waals surface area contributed by atoms with Crippen molar-refractivity contribution in [1.82, 2.24) is 0 Å². The van der Waals surface area contributed by atoms with Gasteiger partial charge in [-0.1, -0.05) is 27.5 Å². The molecule has 17 heavy (non-hydrogen) atoms. The van der Waals surface area contributed by atoms with E-state index in [4.69, 9.17) is 20.8 Å². The fourth-order valence-electron chi connectivity index (χ4n) is 1.13. The summed E-state index contributed by atoms with van der Waals surface area (Å²) in [6.07, 6.45) is 0. The second kappa shape index (κ2) is 5.25. The van der Waals surface area contributed by atoms with Gasteiger partial charge in [0, 0.05) is 4.47 Å². The van der Waals surface area contributed by atoms with Crippen LogP contribution in [0, 0.1) is 0 Å². The van der Waals surface area contributed by atoms with Gasteiger partial charge in [0.2, 0.25) is 5.76 Å². The first kappa shape index (κ1) is 12.7. The SMILES string of the molecule is O=C(Oc1ccc(Br)cc1Cl)c1ccc(Br)o1. The van der Waals surface area contributed by atoms with E-state index in [0.29, 0.717) is 9.69 Å². The zero-order chi connectivity index (χ0) is 12.4. The van der Waals surface area contributed by atoms with E-state index >= 15 is 0 Å². The minimum absolute atomic E-state index is 0.107. The van der Waals surface area contributed by atoms with E-state index in [-0.39, 0.29) is 11.5 Å². The summed E-state index contributed by atoms with van der Waals surface area (Å²) in [5.41, 5.74) is 0. The number of benzene rings is 1. The molecule has 0 aliphatic rings. The molecule has 0 radical (unpaired) electrons. The summed E-state index contributed by atoms with van der Waals surface area (Å²) in [5, 5.41) is 0.346. The summed E-state index contributed by atoms with van der Waals surface area (Å²) in [5.74, 6) is -0.205. The normalized spacial score (nSPS) is 10.3. The first-order chi connectivity index (χ1) is 8.06. The summed E-state index contributed by atoms with van der Waals surface area (Å²) in [6.45, 7) is 0. The van der Waals surface area contributed by atoms with E-state index in [1.165, 1.54) is 6.07 Å². The van der Waals surface area contributed by atoms with E-state index in [0.717, 1.165) is 4.47 Å². The molecule has 0 amide bonds. The molecule has 6 heteroatoms. The first-order valence-electron chi connectivity index (χ1n) is 4.49. The van der Waals surface area contributed by atoms with E-state index in [1.54, 1.807) is 24.3 Å². The van der Waals surface area contributed by atoms with Gasteiger partial charge in [0.15, 0.2) is 4.67 Å². The molecule has 0 spiro atoms. The number of carbonyl (C=O) groups excluding carboxylic acids is 1. The summed E-state index contributed by atoms with van der Waals surface area (Å²) in [4.78, 5) is 11.7. The third-order valence-electron chi connectivity index (χ3n) is 1.87. The lowest BCUT2D eigenvalue weighted by Crippen LogP contribution is -2.07. The van der Waals surface area contributed by atoms with Crippen LogP contribution in [-0.2, 0) is 0 Å². The number of ether oxygens (including phenoxy) is 1. The molecule has 1 aromatic carbocycles. The van der Waals surface area contributed by atoms with Crippen molar-refractivity contribution >= 4 is 49.4 Å². The van der Waals surface area contributed by atoms with Crippen LogP contribution in [-0.4, -0.2) is 5.97 Å². The quantitative estimate of drug-likeness (QED) is 0.561.